The second-order valence-corrected chi connectivity index (χ2v) is 5.51. The minimum atomic E-state index is -0.648. The number of pyridine rings is 1. The second kappa shape index (κ2) is 5.84. The van der Waals surface area contributed by atoms with Crippen molar-refractivity contribution in [2.45, 2.75) is 31.2 Å². The van der Waals surface area contributed by atoms with Gasteiger partial charge < -0.3 is 14.4 Å². The molecule has 3 atom stereocenters. The average molecular weight is 286 g/mol. The zero-order chi connectivity index (χ0) is 14.8. The summed E-state index contributed by atoms with van der Waals surface area (Å²) in [6.07, 6.45) is 3.04. The summed E-state index contributed by atoms with van der Waals surface area (Å²) in [5.74, 6) is 0.867. The van der Waals surface area contributed by atoms with Crippen LogP contribution in [0.4, 0.5) is 0 Å². The largest absolute Gasteiger partial charge is 0.474 e. The molecule has 21 heavy (non-hydrogen) atoms. The Labute approximate surface area is 122 Å². The van der Waals surface area contributed by atoms with Crippen LogP contribution in [0.1, 0.15) is 35.3 Å². The molecule has 1 aromatic heterocycles. The summed E-state index contributed by atoms with van der Waals surface area (Å²) >= 11 is 0. The van der Waals surface area contributed by atoms with Crippen LogP contribution in [0.25, 0.3) is 0 Å². The zero-order valence-electron chi connectivity index (χ0n) is 11.4. The first-order valence-corrected chi connectivity index (χ1v) is 7.04. The van der Waals surface area contributed by atoms with Gasteiger partial charge in [0.1, 0.15) is 17.9 Å². The molecule has 2 fully saturated rings. The van der Waals surface area contributed by atoms with Gasteiger partial charge in [0.2, 0.25) is 5.88 Å². The molecule has 0 amide bonds. The number of fused-ring (bicyclic) bond motifs is 1. The molecule has 1 N–H and O–H groups in total. The number of carbonyl (C=O) groups is 1. The van der Waals surface area contributed by atoms with E-state index in [1.165, 1.54) is 0 Å². The van der Waals surface area contributed by atoms with Crippen LogP contribution in [0.3, 0.4) is 0 Å². The quantitative estimate of drug-likeness (QED) is 0.663. The van der Waals surface area contributed by atoms with E-state index in [4.69, 9.17) is 14.7 Å². The molecular weight excluding hydrogens is 271 g/mol. The molecule has 1 saturated heterocycles. The number of nitrogens with zero attached hydrogens (tertiary/aromatic N) is 2. The van der Waals surface area contributed by atoms with Crippen molar-refractivity contribution in [3.8, 4) is 11.9 Å². The van der Waals surface area contributed by atoms with Crippen molar-refractivity contribution in [3.05, 3.63) is 23.4 Å². The topological polar surface area (TPSA) is 92.4 Å². The van der Waals surface area contributed by atoms with Crippen molar-refractivity contribution in [3.63, 3.8) is 0 Å². The minimum Gasteiger partial charge on any atom is -0.474 e. The van der Waals surface area contributed by atoms with Gasteiger partial charge in [-0.15, -0.1) is 0 Å². The number of aldehydes is 1. The third kappa shape index (κ3) is 2.78. The smallest absolute Gasteiger partial charge is 0.457 e. The van der Waals surface area contributed by atoms with Gasteiger partial charge in [-0.05, 0) is 37.1 Å². The molecule has 2 heterocycles. The number of aromatic nitrogens is 1. The van der Waals surface area contributed by atoms with Crippen LogP contribution >= 0.6 is 0 Å². The third-order valence-electron chi connectivity index (χ3n) is 4.26. The molecule has 1 aromatic rings. The minimum absolute atomic E-state index is 0.0000813. The van der Waals surface area contributed by atoms with Crippen molar-refractivity contribution in [1.29, 1.82) is 5.26 Å². The third-order valence-corrected chi connectivity index (χ3v) is 4.26. The highest BCUT2D eigenvalue weighted by Gasteiger charge is 2.44. The van der Waals surface area contributed by atoms with Gasteiger partial charge in [-0.25, -0.2) is 4.98 Å². The molecule has 0 aromatic carbocycles. The van der Waals surface area contributed by atoms with E-state index >= 15 is 0 Å². The molecule has 1 aliphatic carbocycles. The molecule has 3 rings (SSSR count). The standard InChI is InChI=1S/C14H15BN2O4/c16-6-9-1-4-14(17-13(9)7-18)21-11-2-3-12-10(5-11)8-20-15(12)19/h1,4,7,10-12,19H,2-3,5,8H2. The highest BCUT2D eigenvalue weighted by Crippen LogP contribution is 2.42. The van der Waals surface area contributed by atoms with E-state index in [2.05, 4.69) is 4.98 Å². The Bertz CT molecular complexity index is 589. The molecular formula is C14H15BN2O4. The Hall–Kier alpha value is -1.91. The second-order valence-electron chi connectivity index (χ2n) is 5.51. The van der Waals surface area contributed by atoms with E-state index in [1.54, 1.807) is 12.1 Å². The number of rotatable bonds is 3. The van der Waals surface area contributed by atoms with Crippen LogP contribution in [0.15, 0.2) is 12.1 Å². The molecule has 3 unspecified atom stereocenters. The summed E-state index contributed by atoms with van der Waals surface area (Å²) in [6, 6.07) is 5.07. The van der Waals surface area contributed by atoms with Crippen molar-refractivity contribution < 1.29 is 19.2 Å². The molecule has 1 aliphatic heterocycles. The molecule has 0 radical (unpaired) electrons. The summed E-state index contributed by atoms with van der Waals surface area (Å²) < 4.78 is 11.1. The first-order valence-electron chi connectivity index (χ1n) is 7.04. The fourth-order valence-electron chi connectivity index (χ4n) is 3.14. The van der Waals surface area contributed by atoms with E-state index in [1.807, 2.05) is 6.07 Å². The fourth-order valence-corrected chi connectivity index (χ4v) is 3.14. The lowest BCUT2D eigenvalue weighted by Gasteiger charge is -2.30. The van der Waals surface area contributed by atoms with Gasteiger partial charge in [-0.1, -0.05) is 0 Å². The van der Waals surface area contributed by atoms with E-state index in [9.17, 15) is 9.82 Å². The summed E-state index contributed by atoms with van der Waals surface area (Å²) in [5.41, 5.74) is 0.344. The normalized spacial score (nSPS) is 27.8. The highest BCUT2D eigenvalue weighted by molar-refractivity contribution is 6.45. The molecule has 0 bridgehead atoms. The first kappa shape index (κ1) is 14.0. The number of hydrogen-bond acceptors (Lipinski definition) is 6. The number of nitriles is 1. The molecule has 0 spiro atoms. The van der Waals surface area contributed by atoms with Crippen LogP contribution in [-0.2, 0) is 4.65 Å². The average Bonchev–Trinajstić information content (AvgIpc) is 2.88. The van der Waals surface area contributed by atoms with Crippen LogP contribution in [0, 0.1) is 17.2 Å². The molecule has 2 aliphatic rings. The van der Waals surface area contributed by atoms with Crippen LogP contribution < -0.4 is 4.74 Å². The Morgan fingerprint density at radius 2 is 2.38 bits per heavy atom. The van der Waals surface area contributed by atoms with Gasteiger partial charge in [0.25, 0.3) is 0 Å². The van der Waals surface area contributed by atoms with Gasteiger partial charge in [0.05, 0.1) is 5.56 Å². The SMILES string of the molecule is N#Cc1ccc(OC2CCC3B(O)OCC3C2)nc1C=O. The Morgan fingerprint density at radius 1 is 1.52 bits per heavy atom. The molecule has 108 valence electrons. The Kier molecular flexibility index (Phi) is 3.91. The van der Waals surface area contributed by atoms with Crippen LogP contribution in [-0.4, -0.2) is 36.1 Å². The van der Waals surface area contributed by atoms with Gasteiger partial charge in [0, 0.05) is 12.7 Å². The van der Waals surface area contributed by atoms with Gasteiger partial charge >= 0.3 is 7.12 Å². The Morgan fingerprint density at radius 3 is 3.14 bits per heavy atom. The number of ether oxygens (including phenoxy) is 1. The van der Waals surface area contributed by atoms with E-state index in [-0.39, 0.29) is 23.2 Å². The maximum Gasteiger partial charge on any atom is 0.457 e. The van der Waals surface area contributed by atoms with Crippen LogP contribution in [0.5, 0.6) is 5.88 Å². The molecule has 7 heteroatoms. The summed E-state index contributed by atoms with van der Waals surface area (Å²) in [5, 5.41) is 18.5. The molecule has 6 nitrogen and oxygen atoms in total. The van der Waals surface area contributed by atoms with E-state index in [0.717, 1.165) is 19.3 Å². The van der Waals surface area contributed by atoms with E-state index < -0.39 is 7.12 Å². The van der Waals surface area contributed by atoms with E-state index in [0.29, 0.717) is 24.7 Å². The fraction of sp³-hybridized carbons (Fsp3) is 0.500. The lowest BCUT2D eigenvalue weighted by molar-refractivity contribution is 0.109. The Balaban J connectivity index is 1.68. The predicted octanol–water partition coefficient (Wildman–Crippen LogP) is 1.19. The summed E-state index contributed by atoms with van der Waals surface area (Å²) in [4.78, 5) is 15.0. The number of hydrogen-bond donors (Lipinski definition) is 1. The maximum absolute atomic E-state index is 10.9. The zero-order valence-corrected chi connectivity index (χ0v) is 11.4. The summed E-state index contributed by atoms with van der Waals surface area (Å²) in [6.45, 7) is 0.562. The van der Waals surface area contributed by atoms with Gasteiger partial charge in [0.15, 0.2) is 6.29 Å². The van der Waals surface area contributed by atoms with Crippen molar-refractivity contribution in [1.82, 2.24) is 4.98 Å². The van der Waals surface area contributed by atoms with Gasteiger partial charge in [-0.2, -0.15) is 5.26 Å². The first-order chi connectivity index (χ1) is 10.2. The van der Waals surface area contributed by atoms with Crippen molar-refractivity contribution in [2.75, 3.05) is 6.61 Å². The van der Waals surface area contributed by atoms with Crippen LogP contribution in [0.2, 0.25) is 5.82 Å². The monoisotopic (exact) mass is 286 g/mol. The maximum atomic E-state index is 10.9. The van der Waals surface area contributed by atoms with Crippen molar-refractivity contribution in [2.24, 2.45) is 5.92 Å². The van der Waals surface area contributed by atoms with Crippen molar-refractivity contribution >= 4 is 13.4 Å². The van der Waals surface area contributed by atoms with Gasteiger partial charge in [-0.3, -0.25) is 4.79 Å². The molecule has 1 saturated carbocycles. The summed E-state index contributed by atoms with van der Waals surface area (Å²) in [7, 11) is -0.648. The highest BCUT2D eigenvalue weighted by atomic mass is 16.5. The predicted molar refractivity (Wildman–Crippen MR) is 73.8 cm³/mol. The number of carbonyl (C=O) groups excluding carboxylic acids is 1. The lowest BCUT2D eigenvalue weighted by atomic mass is 9.62. The lowest BCUT2D eigenvalue weighted by Crippen LogP contribution is -2.31.